The van der Waals surface area contributed by atoms with Crippen LogP contribution in [-0.2, 0) is 9.53 Å². The molecule has 1 amide bonds. The second kappa shape index (κ2) is 7.51. The Bertz CT molecular complexity index is 721. The summed E-state index contributed by atoms with van der Waals surface area (Å²) in [6.07, 6.45) is 4.11. The van der Waals surface area contributed by atoms with Gasteiger partial charge in [0, 0.05) is 11.3 Å². The number of benzene rings is 2. The minimum Gasteiger partial charge on any atom is -0.467 e. The highest BCUT2D eigenvalue weighted by Crippen LogP contribution is 2.39. The summed E-state index contributed by atoms with van der Waals surface area (Å²) in [6, 6.07) is 18.5. The fourth-order valence-corrected chi connectivity index (χ4v) is 3.69. The average Bonchev–Trinajstić information content (AvgIpc) is 2.69. The van der Waals surface area contributed by atoms with Crippen LogP contribution in [0.15, 0.2) is 60.7 Å². The van der Waals surface area contributed by atoms with Gasteiger partial charge in [-0.1, -0.05) is 55.7 Å². The van der Waals surface area contributed by atoms with E-state index in [1.54, 1.807) is 17.0 Å². The lowest BCUT2D eigenvalue weighted by Crippen LogP contribution is -2.59. The van der Waals surface area contributed by atoms with Gasteiger partial charge in [0.1, 0.15) is 5.54 Å². The molecule has 1 fully saturated rings. The maximum atomic E-state index is 13.4. The number of esters is 1. The highest BCUT2D eigenvalue weighted by molar-refractivity contribution is 6.10. The second-order valence-corrected chi connectivity index (χ2v) is 6.43. The van der Waals surface area contributed by atoms with Crippen LogP contribution in [-0.4, -0.2) is 24.5 Å². The van der Waals surface area contributed by atoms with E-state index in [1.807, 2.05) is 48.5 Å². The largest absolute Gasteiger partial charge is 0.467 e. The summed E-state index contributed by atoms with van der Waals surface area (Å²) in [5.41, 5.74) is 0.352. The number of hydrogen-bond acceptors (Lipinski definition) is 3. The number of amides is 1. The van der Waals surface area contributed by atoms with Gasteiger partial charge >= 0.3 is 5.97 Å². The minimum atomic E-state index is -0.943. The van der Waals surface area contributed by atoms with Crippen molar-refractivity contribution < 1.29 is 14.3 Å². The molecule has 130 valence electrons. The van der Waals surface area contributed by atoms with Gasteiger partial charge in [0.2, 0.25) is 0 Å². The summed E-state index contributed by atoms with van der Waals surface area (Å²) < 4.78 is 5.15. The molecule has 0 spiro atoms. The van der Waals surface area contributed by atoms with Crippen molar-refractivity contribution in [3.63, 3.8) is 0 Å². The molecule has 1 aliphatic rings. The molecule has 4 nitrogen and oxygen atoms in total. The van der Waals surface area contributed by atoms with Crippen LogP contribution in [0.1, 0.15) is 42.5 Å². The Morgan fingerprint density at radius 1 is 0.880 bits per heavy atom. The van der Waals surface area contributed by atoms with Crippen LogP contribution in [0.4, 0.5) is 5.69 Å². The van der Waals surface area contributed by atoms with Gasteiger partial charge in [0.05, 0.1) is 7.11 Å². The zero-order valence-electron chi connectivity index (χ0n) is 14.5. The van der Waals surface area contributed by atoms with Crippen molar-refractivity contribution in [2.24, 2.45) is 0 Å². The maximum Gasteiger partial charge on any atom is 0.332 e. The number of methoxy groups -OCH3 is 1. The molecule has 1 aliphatic carbocycles. The molecule has 3 rings (SSSR count). The van der Waals surface area contributed by atoms with Crippen molar-refractivity contribution >= 4 is 17.6 Å². The third kappa shape index (κ3) is 3.29. The summed E-state index contributed by atoms with van der Waals surface area (Å²) in [7, 11) is 1.40. The Balaban J connectivity index is 2.12. The zero-order valence-corrected chi connectivity index (χ0v) is 14.5. The van der Waals surface area contributed by atoms with Crippen LogP contribution in [0.5, 0.6) is 0 Å². The lowest BCUT2D eigenvalue weighted by atomic mass is 9.79. The van der Waals surface area contributed by atoms with Crippen molar-refractivity contribution in [1.29, 1.82) is 0 Å². The first-order valence-electron chi connectivity index (χ1n) is 8.72. The predicted octanol–water partition coefficient (Wildman–Crippen LogP) is 4.21. The molecule has 25 heavy (non-hydrogen) atoms. The molecule has 1 saturated carbocycles. The minimum absolute atomic E-state index is 0.167. The Morgan fingerprint density at radius 2 is 1.44 bits per heavy atom. The Morgan fingerprint density at radius 3 is 2.00 bits per heavy atom. The van der Waals surface area contributed by atoms with Gasteiger partial charge in [-0.05, 0) is 37.1 Å². The summed E-state index contributed by atoms with van der Waals surface area (Å²) in [5, 5.41) is 0. The highest BCUT2D eigenvalue weighted by Gasteiger charge is 2.49. The summed E-state index contributed by atoms with van der Waals surface area (Å²) in [5.74, 6) is -0.501. The fraction of sp³-hybridized carbons (Fsp3) is 0.333. The van der Waals surface area contributed by atoms with Gasteiger partial charge in [-0.25, -0.2) is 4.79 Å². The average molecular weight is 337 g/mol. The molecule has 0 N–H and O–H groups in total. The molecule has 2 aromatic rings. The fourth-order valence-electron chi connectivity index (χ4n) is 3.69. The molecule has 0 unspecified atom stereocenters. The van der Waals surface area contributed by atoms with Gasteiger partial charge in [-0.15, -0.1) is 0 Å². The van der Waals surface area contributed by atoms with E-state index in [2.05, 4.69) is 0 Å². The molecule has 0 bridgehead atoms. The van der Waals surface area contributed by atoms with Crippen LogP contribution in [0.3, 0.4) is 0 Å². The molecule has 0 aromatic heterocycles. The Labute approximate surface area is 148 Å². The third-order valence-corrected chi connectivity index (χ3v) is 4.91. The van der Waals surface area contributed by atoms with E-state index in [1.165, 1.54) is 7.11 Å². The van der Waals surface area contributed by atoms with E-state index in [-0.39, 0.29) is 11.9 Å². The number of para-hydroxylation sites is 1. The van der Waals surface area contributed by atoms with Crippen LogP contribution < -0.4 is 4.90 Å². The monoisotopic (exact) mass is 337 g/mol. The van der Waals surface area contributed by atoms with Gasteiger partial charge in [-0.2, -0.15) is 0 Å². The predicted molar refractivity (Wildman–Crippen MR) is 97.5 cm³/mol. The standard InChI is InChI=1S/C21H23NO3/c1-25-20(24)21(15-9-4-10-16-21)22(18-13-7-3-8-14-18)19(23)17-11-5-2-6-12-17/h2-3,5-8,11-14H,4,9-10,15-16H2,1H3. The first kappa shape index (κ1) is 17.2. The van der Waals surface area contributed by atoms with E-state index in [0.717, 1.165) is 24.9 Å². The van der Waals surface area contributed by atoms with Crippen molar-refractivity contribution in [2.45, 2.75) is 37.6 Å². The smallest absolute Gasteiger partial charge is 0.332 e. The first-order chi connectivity index (χ1) is 12.2. The molecule has 0 radical (unpaired) electrons. The number of ether oxygens (including phenoxy) is 1. The van der Waals surface area contributed by atoms with Gasteiger partial charge in [-0.3, -0.25) is 9.69 Å². The lowest BCUT2D eigenvalue weighted by molar-refractivity contribution is -0.148. The highest BCUT2D eigenvalue weighted by atomic mass is 16.5. The first-order valence-corrected chi connectivity index (χ1v) is 8.72. The van der Waals surface area contributed by atoms with E-state index >= 15 is 0 Å². The number of anilines is 1. The molecular weight excluding hydrogens is 314 g/mol. The third-order valence-electron chi connectivity index (χ3n) is 4.91. The number of rotatable bonds is 4. The number of hydrogen-bond donors (Lipinski definition) is 0. The second-order valence-electron chi connectivity index (χ2n) is 6.43. The van der Waals surface area contributed by atoms with Crippen LogP contribution in [0, 0.1) is 0 Å². The number of carbonyl (C=O) groups is 2. The van der Waals surface area contributed by atoms with Crippen molar-refractivity contribution in [1.82, 2.24) is 0 Å². The molecule has 0 atom stereocenters. The van der Waals surface area contributed by atoms with E-state index < -0.39 is 5.54 Å². The van der Waals surface area contributed by atoms with Crippen LogP contribution >= 0.6 is 0 Å². The topological polar surface area (TPSA) is 46.6 Å². The Kier molecular flexibility index (Phi) is 5.17. The normalized spacial score (nSPS) is 16.0. The van der Waals surface area contributed by atoms with Crippen LogP contribution in [0.2, 0.25) is 0 Å². The zero-order chi connectivity index (χ0) is 17.7. The van der Waals surface area contributed by atoms with Gasteiger partial charge in [0.25, 0.3) is 5.91 Å². The number of nitrogens with zero attached hydrogens (tertiary/aromatic N) is 1. The summed E-state index contributed by atoms with van der Waals surface area (Å²) in [4.78, 5) is 27.9. The van der Waals surface area contributed by atoms with Crippen LogP contribution in [0.25, 0.3) is 0 Å². The maximum absolute atomic E-state index is 13.4. The molecule has 2 aromatic carbocycles. The van der Waals surface area contributed by atoms with E-state index in [0.29, 0.717) is 18.4 Å². The Hall–Kier alpha value is -2.62. The molecule has 0 saturated heterocycles. The molecule has 4 heteroatoms. The quantitative estimate of drug-likeness (QED) is 0.785. The van der Waals surface area contributed by atoms with E-state index in [4.69, 9.17) is 4.74 Å². The van der Waals surface area contributed by atoms with Gasteiger partial charge in [0.15, 0.2) is 0 Å². The van der Waals surface area contributed by atoms with E-state index in [9.17, 15) is 9.59 Å². The molecular formula is C21H23NO3. The van der Waals surface area contributed by atoms with Crippen molar-refractivity contribution in [3.05, 3.63) is 66.2 Å². The lowest BCUT2D eigenvalue weighted by Gasteiger charge is -2.44. The van der Waals surface area contributed by atoms with Crippen molar-refractivity contribution in [3.8, 4) is 0 Å². The molecule has 0 heterocycles. The summed E-state index contributed by atoms with van der Waals surface area (Å²) in [6.45, 7) is 0. The van der Waals surface area contributed by atoms with Crippen molar-refractivity contribution in [2.75, 3.05) is 12.0 Å². The van der Waals surface area contributed by atoms with Gasteiger partial charge < -0.3 is 4.74 Å². The number of carbonyl (C=O) groups excluding carboxylic acids is 2. The summed E-state index contributed by atoms with van der Waals surface area (Å²) >= 11 is 0. The molecule has 0 aliphatic heterocycles. The SMILES string of the molecule is COC(=O)C1(N(C(=O)c2ccccc2)c2ccccc2)CCCCC1.